The van der Waals surface area contributed by atoms with E-state index < -0.39 is 0 Å². The van der Waals surface area contributed by atoms with Crippen molar-refractivity contribution in [1.82, 2.24) is 0 Å². The van der Waals surface area contributed by atoms with Crippen molar-refractivity contribution in [3.63, 3.8) is 0 Å². The summed E-state index contributed by atoms with van der Waals surface area (Å²) < 4.78 is 0. The molecule has 3 N–H and O–H groups in total. The number of benzene rings is 1. The van der Waals surface area contributed by atoms with Gasteiger partial charge in [0.25, 0.3) is 0 Å². The first kappa shape index (κ1) is 12.4. The van der Waals surface area contributed by atoms with Crippen molar-refractivity contribution >= 4 is 17.9 Å². The van der Waals surface area contributed by atoms with Crippen LogP contribution >= 0.6 is 0 Å². The molecular weight excluding hydrogens is 204 g/mol. The number of hydrogen-bond donors (Lipinski definition) is 2. The van der Waals surface area contributed by atoms with Crippen LogP contribution in [0.3, 0.4) is 0 Å². The lowest BCUT2D eigenvalue weighted by molar-refractivity contribution is -0.116. The summed E-state index contributed by atoms with van der Waals surface area (Å²) in [7, 11) is 0. The second-order valence-corrected chi connectivity index (χ2v) is 3.63. The van der Waals surface area contributed by atoms with Gasteiger partial charge in [-0.1, -0.05) is 0 Å². The summed E-state index contributed by atoms with van der Waals surface area (Å²) in [6, 6.07) is 5.20. The largest absolute Gasteiger partial charge is 0.330 e. The van der Waals surface area contributed by atoms with Gasteiger partial charge in [-0.3, -0.25) is 9.59 Å². The number of amides is 1. The first-order valence-electron chi connectivity index (χ1n) is 5.23. The predicted octanol–water partition coefficient (Wildman–Crippen LogP) is 1.48. The van der Waals surface area contributed by atoms with Gasteiger partial charge in [-0.2, -0.15) is 0 Å². The van der Waals surface area contributed by atoms with E-state index in [9.17, 15) is 9.59 Å². The number of carbonyl (C=O) groups excluding carboxylic acids is 2. The minimum Gasteiger partial charge on any atom is -0.330 e. The number of aldehydes is 1. The molecule has 86 valence electrons. The maximum atomic E-state index is 11.4. The molecule has 0 heterocycles. The van der Waals surface area contributed by atoms with Gasteiger partial charge < -0.3 is 11.1 Å². The fourth-order valence-electron chi connectivity index (χ4n) is 1.37. The number of anilines is 1. The molecule has 0 aliphatic carbocycles. The molecule has 1 aromatic rings. The Morgan fingerprint density at radius 3 is 2.81 bits per heavy atom. The van der Waals surface area contributed by atoms with Gasteiger partial charge in [0, 0.05) is 17.7 Å². The Morgan fingerprint density at radius 1 is 1.50 bits per heavy atom. The van der Waals surface area contributed by atoms with Gasteiger partial charge in [-0.05, 0) is 43.7 Å². The predicted molar refractivity (Wildman–Crippen MR) is 63.5 cm³/mol. The maximum absolute atomic E-state index is 11.4. The van der Waals surface area contributed by atoms with E-state index in [1.54, 1.807) is 18.2 Å². The second-order valence-electron chi connectivity index (χ2n) is 3.63. The molecule has 1 aromatic carbocycles. The molecule has 0 spiro atoms. The number of aryl methyl sites for hydroxylation is 1. The Bertz CT molecular complexity index is 389. The Morgan fingerprint density at radius 2 is 2.25 bits per heavy atom. The molecule has 0 unspecified atom stereocenters. The zero-order valence-electron chi connectivity index (χ0n) is 9.32. The van der Waals surface area contributed by atoms with E-state index in [0.29, 0.717) is 30.6 Å². The Labute approximate surface area is 94.8 Å². The first-order valence-corrected chi connectivity index (χ1v) is 5.23. The SMILES string of the molecule is Cc1cc(NC(=O)CCCN)ccc1C=O. The highest BCUT2D eigenvalue weighted by Crippen LogP contribution is 2.13. The van der Waals surface area contributed by atoms with E-state index in [-0.39, 0.29) is 5.91 Å². The summed E-state index contributed by atoms with van der Waals surface area (Å²) >= 11 is 0. The quantitative estimate of drug-likeness (QED) is 0.738. The number of nitrogens with two attached hydrogens (primary N) is 1. The van der Waals surface area contributed by atoms with Gasteiger partial charge in [0.15, 0.2) is 0 Å². The van der Waals surface area contributed by atoms with Crippen LogP contribution in [-0.4, -0.2) is 18.7 Å². The molecule has 0 aromatic heterocycles. The molecule has 0 fully saturated rings. The molecule has 0 saturated carbocycles. The molecule has 0 aliphatic rings. The lowest BCUT2D eigenvalue weighted by Gasteiger charge is -2.06. The third-order valence-electron chi connectivity index (χ3n) is 2.29. The van der Waals surface area contributed by atoms with Crippen molar-refractivity contribution in [3.8, 4) is 0 Å². The van der Waals surface area contributed by atoms with Crippen molar-refractivity contribution in [2.24, 2.45) is 5.73 Å². The van der Waals surface area contributed by atoms with E-state index in [2.05, 4.69) is 5.32 Å². The minimum atomic E-state index is -0.0521. The van der Waals surface area contributed by atoms with E-state index >= 15 is 0 Å². The monoisotopic (exact) mass is 220 g/mol. The summed E-state index contributed by atoms with van der Waals surface area (Å²) in [6.45, 7) is 2.34. The number of rotatable bonds is 5. The Hall–Kier alpha value is -1.68. The number of hydrogen-bond acceptors (Lipinski definition) is 3. The van der Waals surface area contributed by atoms with Crippen LogP contribution in [0.5, 0.6) is 0 Å². The summed E-state index contributed by atoms with van der Waals surface area (Å²) in [5.74, 6) is -0.0521. The summed E-state index contributed by atoms with van der Waals surface area (Å²) in [5, 5.41) is 2.76. The maximum Gasteiger partial charge on any atom is 0.224 e. The van der Waals surface area contributed by atoms with E-state index in [1.165, 1.54) is 0 Å². The van der Waals surface area contributed by atoms with Crippen LogP contribution in [0.4, 0.5) is 5.69 Å². The molecule has 0 bridgehead atoms. The Balaban J connectivity index is 2.64. The molecule has 0 aliphatic heterocycles. The van der Waals surface area contributed by atoms with Crippen molar-refractivity contribution in [2.45, 2.75) is 19.8 Å². The number of nitrogens with one attached hydrogen (secondary N) is 1. The van der Waals surface area contributed by atoms with Crippen LogP contribution in [0.25, 0.3) is 0 Å². The smallest absolute Gasteiger partial charge is 0.224 e. The van der Waals surface area contributed by atoms with E-state index in [0.717, 1.165) is 11.8 Å². The molecular formula is C12H16N2O2. The van der Waals surface area contributed by atoms with Crippen LogP contribution in [0.15, 0.2) is 18.2 Å². The van der Waals surface area contributed by atoms with Crippen molar-refractivity contribution < 1.29 is 9.59 Å². The van der Waals surface area contributed by atoms with Crippen LogP contribution in [0, 0.1) is 6.92 Å². The van der Waals surface area contributed by atoms with Gasteiger partial charge >= 0.3 is 0 Å². The normalized spacial score (nSPS) is 9.88. The highest BCUT2D eigenvalue weighted by molar-refractivity contribution is 5.91. The molecule has 16 heavy (non-hydrogen) atoms. The van der Waals surface area contributed by atoms with Crippen molar-refractivity contribution in [1.29, 1.82) is 0 Å². The molecule has 1 amide bonds. The zero-order chi connectivity index (χ0) is 12.0. The standard InChI is InChI=1S/C12H16N2O2/c1-9-7-11(5-4-10(9)8-15)14-12(16)3-2-6-13/h4-5,7-8H,2-3,6,13H2,1H3,(H,14,16). The summed E-state index contributed by atoms with van der Waals surface area (Å²) in [6.07, 6.45) is 1.90. The average Bonchev–Trinajstić information content (AvgIpc) is 2.26. The fraction of sp³-hybridized carbons (Fsp3) is 0.333. The molecule has 0 atom stereocenters. The number of carbonyl (C=O) groups is 2. The summed E-state index contributed by atoms with van der Waals surface area (Å²) in [4.78, 5) is 22.0. The van der Waals surface area contributed by atoms with Crippen LogP contribution in [0.2, 0.25) is 0 Å². The van der Waals surface area contributed by atoms with Crippen LogP contribution in [0.1, 0.15) is 28.8 Å². The van der Waals surface area contributed by atoms with Gasteiger partial charge in [0.05, 0.1) is 0 Å². The lowest BCUT2D eigenvalue weighted by atomic mass is 10.1. The van der Waals surface area contributed by atoms with Gasteiger partial charge in [0.1, 0.15) is 6.29 Å². The summed E-state index contributed by atoms with van der Waals surface area (Å²) in [5.41, 5.74) is 7.52. The molecule has 1 rings (SSSR count). The third-order valence-corrected chi connectivity index (χ3v) is 2.29. The fourth-order valence-corrected chi connectivity index (χ4v) is 1.37. The highest BCUT2D eigenvalue weighted by atomic mass is 16.1. The Kier molecular flexibility index (Phi) is 4.66. The molecule has 0 radical (unpaired) electrons. The van der Waals surface area contributed by atoms with Crippen LogP contribution < -0.4 is 11.1 Å². The topological polar surface area (TPSA) is 72.2 Å². The minimum absolute atomic E-state index is 0.0521. The molecule has 4 nitrogen and oxygen atoms in total. The molecule has 4 heteroatoms. The van der Waals surface area contributed by atoms with Gasteiger partial charge in [0.2, 0.25) is 5.91 Å². The van der Waals surface area contributed by atoms with Gasteiger partial charge in [-0.25, -0.2) is 0 Å². The van der Waals surface area contributed by atoms with E-state index in [4.69, 9.17) is 5.73 Å². The third kappa shape index (κ3) is 3.47. The zero-order valence-corrected chi connectivity index (χ0v) is 9.32. The van der Waals surface area contributed by atoms with E-state index in [1.807, 2.05) is 6.92 Å². The average molecular weight is 220 g/mol. The highest BCUT2D eigenvalue weighted by Gasteiger charge is 2.03. The first-order chi connectivity index (χ1) is 7.67. The molecule has 0 saturated heterocycles. The van der Waals surface area contributed by atoms with Gasteiger partial charge in [-0.15, -0.1) is 0 Å². The second kappa shape index (κ2) is 6.02. The van der Waals surface area contributed by atoms with Crippen molar-refractivity contribution in [2.75, 3.05) is 11.9 Å². The van der Waals surface area contributed by atoms with Crippen molar-refractivity contribution in [3.05, 3.63) is 29.3 Å². The lowest BCUT2D eigenvalue weighted by Crippen LogP contribution is -2.13. The van der Waals surface area contributed by atoms with Crippen LogP contribution in [-0.2, 0) is 4.79 Å².